The first-order valence-corrected chi connectivity index (χ1v) is 25.5. The van der Waals surface area contributed by atoms with Gasteiger partial charge >= 0.3 is 0 Å². The fraction of sp³-hybridized carbons (Fsp3) is 0.0704. The molecule has 11 aromatic rings. The van der Waals surface area contributed by atoms with Gasteiger partial charge in [0.25, 0.3) is 0 Å². The van der Waals surface area contributed by atoms with Crippen LogP contribution in [0.4, 0.5) is 17.1 Å². The largest absolute Gasteiger partial charge is 0.310 e. The highest BCUT2D eigenvalue weighted by Gasteiger charge is 2.51. The summed E-state index contributed by atoms with van der Waals surface area (Å²) < 4.78 is 0. The Morgan fingerprint density at radius 1 is 0.292 bits per heavy atom. The molecule has 0 fully saturated rings. The molecular weight excluding hydrogens is 867 g/mol. The highest BCUT2D eigenvalue weighted by molar-refractivity contribution is 6.03. The van der Waals surface area contributed by atoms with Crippen LogP contribution in [-0.2, 0) is 17.3 Å². The van der Waals surface area contributed by atoms with Gasteiger partial charge in [-0.15, -0.1) is 0 Å². The summed E-state index contributed by atoms with van der Waals surface area (Å²) in [6.07, 6.45) is 0.955. The Morgan fingerprint density at radius 3 is 1.56 bits per heavy atom. The highest BCUT2D eigenvalue weighted by atomic mass is 15.1. The zero-order valence-corrected chi connectivity index (χ0v) is 40.3. The van der Waals surface area contributed by atoms with Crippen molar-refractivity contribution in [2.45, 2.75) is 31.1 Å². The fourth-order valence-corrected chi connectivity index (χ4v) is 13.6. The molecule has 0 aliphatic heterocycles. The molecule has 0 amide bonds. The minimum Gasteiger partial charge on any atom is -0.310 e. The van der Waals surface area contributed by atoms with Crippen molar-refractivity contribution in [2.75, 3.05) is 4.90 Å². The molecule has 15 rings (SSSR count). The molecule has 72 heavy (non-hydrogen) atoms. The van der Waals surface area contributed by atoms with Crippen LogP contribution in [0.2, 0.25) is 0 Å². The summed E-state index contributed by atoms with van der Waals surface area (Å²) in [5.74, 6) is 0. The highest BCUT2D eigenvalue weighted by Crippen LogP contribution is 2.64. The first kappa shape index (κ1) is 41.0. The van der Waals surface area contributed by atoms with E-state index in [1.54, 1.807) is 0 Å². The predicted octanol–water partition coefficient (Wildman–Crippen LogP) is 18.4. The van der Waals surface area contributed by atoms with Gasteiger partial charge in [0.15, 0.2) is 0 Å². The molecule has 1 unspecified atom stereocenters. The van der Waals surface area contributed by atoms with E-state index in [2.05, 4.69) is 267 Å². The van der Waals surface area contributed by atoms with Gasteiger partial charge in [0.1, 0.15) is 0 Å². The Balaban J connectivity index is 1.01. The van der Waals surface area contributed by atoms with E-state index >= 15 is 0 Å². The quantitative estimate of drug-likeness (QED) is 0.166. The summed E-state index contributed by atoms with van der Waals surface area (Å²) in [6.45, 7) is 4.77. The van der Waals surface area contributed by atoms with E-state index in [9.17, 15) is 0 Å². The molecule has 1 atom stereocenters. The molecule has 4 aliphatic carbocycles. The Labute approximate surface area is 422 Å². The summed E-state index contributed by atoms with van der Waals surface area (Å²) in [7, 11) is 0. The molecule has 0 radical (unpaired) electrons. The van der Waals surface area contributed by atoms with Crippen LogP contribution in [0.3, 0.4) is 0 Å². The molecule has 0 saturated carbocycles. The number of hydrogen-bond donors (Lipinski definition) is 0. The zero-order chi connectivity index (χ0) is 47.7. The van der Waals surface area contributed by atoms with Crippen molar-refractivity contribution in [3.8, 4) is 77.9 Å². The molecule has 0 saturated heterocycles. The Morgan fingerprint density at radius 2 is 0.792 bits per heavy atom. The van der Waals surface area contributed by atoms with Crippen LogP contribution in [0.1, 0.15) is 58.4 Å². The Hall–Kier alpha value is -8.78. The van der Waals surface area contributed by atoms with Gasteiger partial charge < -0.3 is 4.90 Å². The van der Waals surface area contributed by atoms with Gasteiger partial charge in [-0.3, -0.25) is 0 Å². The lowest BCUT2D eigenvalue weighted by Gasteiger charge is -2.36. The molecule has 11 aromatic carbocycles. The topological polar surface area (TPSA) is 3.24 Å². The number of benzene rings is 11. The molecule has 0 N–H and O–H groups in total. The molecule has 1 heteroatoms. The van der Waals surface area contributed by atoms with Crippen molar-refractivity contribution in [2.24, 2.45) is 0 Å². The lowest BCUT2D eigenvalue weighted by atomic mass is 9.65. The maximum Gasteiger partial charge on any atom is 0.0725 e. The summed E-state index contributed by atoms with van der Waals surface area (Å²) in [4.78, 5) is 2.54. The van der Waals surface area contributed by atoms with Crippen LogP contribution in [0.25, 0.3) is 77.9 Å². The molecular formula is C71H49N. The number of nitrogens with zero attached hydrogens (tertiary/aromatic N) is 1. The minimum absolute atomic E-state index is 0.171. The van der Waals surface area contributed by atoms with E-state index in [4.69, 9.17) is 0 Å². The van der Waals surface area contributed by atoms with E-state index in [1.807, 2.05) is 0 Å². The van der Waals surface area contributed by atoms with Gasteiger partial charge in [0.05, 0.1) is 11.1 Å². The van der Waals surface area contributed by atoms with E-state index < -0.39 is 5.41 Å². The van der Waals surface area contributed by atoms with Crippen molar-refractivity contribution < 1.29 is 0 Å². The van der Waals surface area contributed by atoms with Crippen molar-refractivity contribution in [1.29, 1.82) is 0 Å². The summed E-state index contributed by atoms with van der Waals surface area (Å²) in [6, 6.07) is 94.1. The number of para-hydroxylation sites is 1. The molecule has 0 aromatic heterocycles. The van der Waals surface area contributed by atoms with Gasteiger partial charge in [-0.25, -0.2) is 0 Å². The zero-order valence-electron chi connectivity index (χ0n) is 40.3. The number of anilines is 3. The average molecular weight is 916 g/mol. The van der Waals surface area contributed by atoms with E-state index in [-0.39, 0.29) is 5.41 Å². The predicted molar refractivity (Wildman–Crippen MR) is 300 cm³/mol. The molecule has 1 spiro atoms. The van der Waals surface area contributed by atoms with Gasteiger partial charge in [-0.2, -0.15) is 0 Å². The van der Waals surface area contributed by atoms with E-state index in [0.717, 1.165) is 23.5 Å². The first-order valence-electron chi connectivity index (χ1n) is 25.5. The Bertz CT molecular complexity index is 4040. The van der Waals surface area contributed by atoms with Crippen molar-refractivity contribution >= 4 is 17.1 Å². The summed E-state index contributed by atoms with van der Waals surface area (Å²) in [5, 5.41) is 0. The van der Waals surface area contributed by atoms with Crippen LogP contribution >= 0.6 is 0 Å². The van der Waals surface area contributed by atoms with Gasteiger partial charge in [0.2, 0.25) is 0 Å². The molecule has 338 valence electrons. The monoisotopic (exact) mass is 915 g/mol. The van der Waals surface area contributed by atoms with Crippen molar-refractivity contribution in [3.63, 3.8) is 0 Å². The second kappa shape index (κ2) is 15.4. The Kier molecular flexibility index (Phi) is 8.76. The summed E-state index contributed by atoms with van der Waals surface area (Å²) in [5.41, 5.74) is 31.3. The van der Waals surface area contributed by atoms with Gasteiger partial charge in [0, 0.05) is 22.4 Å². The third-order valence-corrected chi connectivity index (χ3v) is 16.7. The molecule has 0 heterocycles. The van der Waals surface area contributed by atoms with Crippen molar-refractivity contribution in [3.05, 3.63) is 293 Å². The second-order valence-corrected chi connectivity index (χ2v) is 20.7. The number of fused-ring (bicyclic) bond motifs is 19. The van der Waals surface area contributed by atoms with Gasteiger partial charge in [-0.1, -0.05) is 232 Å². The molecule has 4 aliphatic rings. The third-order valence-electron chi connectivity index (χ3n) is 16.7. The summed E-state index contributed by atoms with van der Waals surface area (Å²) >= 11 is 0. The van der Waals surface area contributed by atoms with Crippen molar-refractivity contribution in [1.82, 2.24) is 0 Å². The SMILES string of the molecule is CC1(C)c2ccccc2-c2ccc(N(c3ccc4c(c3)-c3ccccc3-c3ccccc3C43c4ccccc4-c4c3ccc3c4-c4ccccc4C3)c3ccccc3-c3ccc(-c4ccccc4)cc3)cc21. The second-order valence-electron chi connectivity index (χ2n) is 20.7. The van der Waals surface area contributed by atoms with Crippen LogP contribution in [0, 0.1) is 0 Å². The van der Waals surface area contributed by atoms with E-state index in [1.165, 1.54) is 122 Å². The minimum atomic E-state index is -0.603. The maximum atomic E-state index is 2.54. The molecule has 1 nitrogen and oxygen atoms in total. The lowest BCUT2D eigenvalue weighted by Crippen LogP contribution is -2.29. The van der Waals surface area contributed by atoms with Crippen LogP contribution in [-0.4, -0.2) is 0 Å². The van der Waals surface area contributed by atoms with Crippen LogP contribution in [0.5, 0.6) is 0 Å². The standard InChI is InChI=1S/C71H49N/c1-70(2)61-28-14-10-26-57(61)58-39-37-51(44-66(58)70)72(67-31-17-13-21-52(67)47-34-32-46(33-35-47)45-18-4-3-5-19-45)50-38-41-64-60(43-50)55-24-9-8-23-54(55)56-25-11-15-29-62(56)71(64)63-30-16-12-27-59(63)69-65(71)40-36-49-42-48-20-6-7-22-53(48)68(49)69/h3-41,43-44H,42H2,1-2H3. The number of rotatable bonds is 5. The van der Waals surface area contributed by atoms with Gasteiger partial charge in [-0.05, 0) is 154 Å². The van der Waals surface area contributed by atoms with Crippen LogP contribution < -0.4 is 4.90 Å². The molecule has 0 bridgehead atoms. The average Bonchev–Trinajstić information content (AvgIpc) is 4.02. The fourth-order valence-electron chi connectivity index (χ4n) is 13.6. The lowest BCUT2D eigenvalue weighted by molar-refractivity contribution is 0.660. The van der Waals surface area contributed by atoms with E-state index in [0.29, 0.717) is 0 Å². The number of hydrogen-bond acceptors (Lipinski definition) is 1. The maximum absolute atomic E-state index is 2.54. The normalized spacial score (nSPS) is 15.5. The smallest absolute Gasteiger partial charge is 0.0725 e. The third kappa shape index (κ3) is 5.65. The van der Waals surface area contributed by atoms with Crippen LogP contribution in [0.15, 0.2) is 249 Å². The first-order chi connectivity index (χ1) is 35.5.